The molecule has 108 valence electrons. The van der Waals surface area contributed by atoms with Crippen LogP contribution >= 0.6 is 24.0 Å². The lowest BCUT2D eigenvalue weighted by atomic mass is 10.1. The number of carbonyl (C=O) groups is 1. The molecule has 1 amide bonds. The van der Waals surface area contributed by atoms with E-state index in [2.05, 4.69) is 10.6 Å². The zero-order chi connectivity index (χ0) is 13.5. The molecule has 0 aliphatic heterocycles. The monoisotopic (exact) mass is 306 g/mol. The van der Waals surface area contributed by atoms with Crippen LogP contribution in [0.2, 0.25) is 5.02 Å². The maximum atomic E-state index is 11.7. The molecule has 1 aromatic rings. The van der Waals surface area contributed by atoms with E-state index in [9.17, 15) is 9.90 Å². The summed E-state index contributed by atoms with van der Waals surface area (Å²) >= 11 is 5.96. The molecule has 19 heavy (non-hydrogen) atoms. The molecule has 1 aromatic carbocycles. The Morgan fingerprint density at radius 2 is 2.00 bits per heavy atom. The number of hydrogen-bond acceptors (Lipinski definition) is 3. The van der Waals surface area contributed by atoms with E-state index in [1.807, 2.05) is 6.92 Å². The predicted molar refractivity (Wildman–Crippen MR) is 79.8 cm³/mol. The Kier molecular flexibility index (Phi) is 8.76. The van der Waals surface area contributed by atoms with E-state index in [0.29, 0.717) is 17.1 Å². The molecule has 0 aliphatic carbocycles. The number of benzene rings is 1. The molecule has 0 saturated carbocycles. The molecule has 0 heterocycles. The highest BCUT2D eigenvalue weighted by molar-refractivity contribution is 6.31. The van der Waals surface area contributed by atoms with Crippen LogP contribution in [0, 0.1) is 5.92 Å². The summed E-state index contributed by atoms with van der Waals surface area (Å²) in [5.74, 6) is -0.219. The van der Waals surface area contributed by atoms with Gasteiger partial charge in [-0.3, -0.25) is 4.79 Å². The highest BCUT2D eigenvalue weighted by Crippen LogP contribution is 2.21. The Morgan fingerprint density at radius 3 is 2.58 bits per heavy atom. The average molecular weight is 307 g/mol. The van der Waals surface area contributed by atoms with Gasteiger partial charge < -0.3 is 15.7 Å². The Bertz CT molecular complexity index is 402. The number of hydrogen-bond donors (Lipinski definition) is 3. The lowest BCUT2D eigenvalue weighted by Crippen LogP contribution is -2.36. The molecule has 0 saturated heterocycles. The van der Waals surface area contributed by atoms with Crippen LogP contribution in [0.5, 0.6) is 0 Å². The largest absolute Gasteiger partial charge is 0.387 e. The molecule has 6 heteroatoms. The fourth-order valence-electron chi connectivity index (χ4n) is 1.63. The van der Waals surface area contributed by atoms with Crippen LogP contribution in [0.4, 0.5) is 0 Å². The minimum atomic E-state index is -0.788. The zero-order valence-corrected chi connectivity index (χ0v) is 12.6. The number of aliphatic hydroxyl groups excluding tert-OH is 1. The molecule has 0 aliphatic rings. The van der Waals surface area contributed by atoms with Gasteiger partial charge in [0.2, 0.25) is 5.91 Å². The second-order valence-electron chi connectivity index (χ2n) is 4.24. The molecule has 1 rings (SSSR count). The Labute approximate surface area is 124 Å². The second-order valence-corrected chi connectivity index (χ2v) is 4.65. The summed E-state index contributed by atoms with van der Waals surface area (Å²) in [6, 6.07) is 7.06. The van der Waals surface area contributed by atoms with Crippen LogP contribution < -0.4 is 10.6 Å². The van der Waals surface area contributed by atoms with Crippen LogP contribution in [-0.2, 0) is 4.79 Å². The fourth-order valence-corrected chi connectivity index (χ4v) is 1.89. The minimum Gasteiger partial charge on any atom is -0.387 e. The van der Waals surface area contributed by atoms with Gasteiger partial charge in [-0.25, -0.2) is 0 Å². The van der Waals surface area contributed by atoms with E-state index < -0.39 is 6.10 Å². The van der Waals surface area contributed by atoms with Gasteiger partial charge in [0.05, 0.1) is 6.10 Å². The number of amides is 1. The van der Waals surface area contributed by atoms with Gasteiger partial charge in [-0.05, 0) is 13.1 Å². The van der Waals surface area contributed by atoms with Crippen molar-refractivity contribution < 1.29 is 9.90 Å². The van der Waals surface area contributed by atoms with Crippen molar-refractivity contribution in [1.29, 1.82) is 0 Å². The molecular weight excluding hydrogens is 287 g/mol. The summed E-state index contributed by atoms with van der Waals surface area (Å²) in [6.45, 7) is 2.60. The van der Waals surface area contributed by atoms with Gasteiger partial charge in [-0.15, -0.1) is 12.4 Å². The third-order valence-electron chi connectivity index (χ3n) is 2.69. The van der Waals surface area contributed by atoms with Gasteiger partial charge in [-0.1, -0.05) is 36.7 Å². The summed E-state index contributed by atoms with van der Waals surface area (Å²) in [6.07, 6.45) is -0.788. The third-order valence-corrected chi connectivity index (χ3v) is 3.04. The highest BCUT2D eigenvalue weighted by atomic mass is 35.5. The van der Waals surface area contributed by atoms with E-state index in [0.717, 1.165) is 0 Å². The summed E-state index contributed by atoms with van der Waals surface area (Å²) in [4.78, 5) is 11.7. The van der Waals surface area contributed by atoms with Gasteiger partial charge in [0, 0.05) is 29.6 Å². The molecule has 0 spiro atoms. The normalized spacial score (nSPS) is 13.3. The van der Waals surface area contributed by atoms with Crippen molar-refractivity contribution in [2.45, 2.75) is 13.0 Å². The molecule has 0 radical (unpaired) electrons. The smallest absolute Gasteiger partial charge is 0.224 e. The van der Waals surface area contributed by atoms with Gasteiger partial charge in [0.25, 0.3) is 0 Å². The minimum absolute atomic E-state index is 0. The van der Waals surface area contributed by atoms with Crippen molar-refractivity contribution in [1.82, 2.24) is 10.6 Å². The summed E-state index contributed by atoms with van der Waals surface area (Å²) < 4.78 is 0. The SMILES string of the molecule is CNCC(C)C(=O)NCC(O)c1ccccc1Cl.Cl. The van der Waals surface area contributed by atoms with Gasteiger partial charge in [0.15, 0.2) is 0 Å². The van der Waals surface area contributed by atoms with Crippen LogP contribution in [0.3, 0.4) is 0 Å². The van der Waals surface area contributed by atoms with Crippen LogP contribution in [0.1, 0.15) is 18.6 Å². The maximum absolute atomic E-state index is 11.7. The number of carbonyl (C=O) groups excluding carboxylic acids is 1. The first-order valence-corrected chi connectivity index (χ1v) is 6.28. The molecule has 2 unspecified atom stereocenters. The molecular formula is C13H20Cl2N2O2. The van der Waals surface area contributed by atoms with Gasteiger partial charge >= 0.3 is 0 Å². The van der Waals surface area contributed by atoms with Crippen molar-refractivity contribution in [3.63, 3.8) is 0 Å². The van der Waals surface area contributed by atoms with Crippen molar-refractivity contribution in [2.75, 3.05) is 20.1 Å². The molecule has 0 aromatic heterocycles. The van der Waals surface area contributed by atoms with E-state index in [-0.39, 0.29) is 30.8 Å². The number of rotatable bonds is 6. The van der Waals surface area contributed by atoms with Crippen molar-refractivity contribution in [3.05, 3.63) is 34.9 Å². The van der Waals surface area contributed by atoms with E-state index >= 15 is 0 Å². The van der Waals surface area contributed by atoms with Crippen LogP contribution in [0.15, 0.2) is 24.3 Å². The lowest BCUT2D eigenvalue weighted by molar-refractivity contribution is -0.124. The molecule has 2 atom stereocenters. The predicted octanol–water partition coefficient (Wildman–Crippen LogP) is 1.77. The van der Waals surface area contributed by atoms with Gasteiger partial charge in [0.1, 0.15) is 0 Å². The quantitative estimate of drug-likeness (QED) is 0.750. The summed E-state index contributed by atoms with van der Waals surface area (Å²) in [7, 11) is 1.79. The molecule has 3 N–H and O–H groups in total. The summed E-state index contributed by atoms with van der Waals surface area (Å²) in [5.41, 5.74) is 0.626. The Balaban J connectivity index is 0.00000324. The van der Waals surface area contributed by atoms with Crippen molar-refractivity contribution in [3.8, 4) is 0 Å². The zero-order valence-electron chi connectivity index (χ0n) is 11.0. The average Bonchev–Trinajstić information content (AvgIpc) is 2.36. The van der Waals surface area contributed by atoms with Gasteiger partial charge in [-0.2, -0.15) is 0 Å². The first-order chi connectivity index (χ1) is 8.56. The maximum Gasteiger partial charge on any atom is 0.224 e. The highest BCUT2D eigenvalue weighted by Gasteiger charge is 2.15. The van der Waals surface area contributed by atoms with E-state index in [4.69, 9.17) is 11.6 Å². The second kappa shape index (κ2) is 9.15. The van der Waals surface area contributed by atoms with Crippen molar-refractivity contribution >= 4 is 29.9 Å². The number of aliphatic hydroxyl groups is 1. The molecule has 0 fully saturated rings. The van der Waals surface area contributed by atoms with Crippen LogP contribution in [0.25, 0.3) is 0 Å². The molecule has 0 bridgehead atoms. The Hall–Kier alpha value is -0.810. The summed E-state index contributed by atoms with van der Waals surface area (Å²) in [5, 5.41) is 16.1. The molecule has 4 nitrogen and oxygen atoms in total. The van der Waals surface area contributed by atoms with Crippen LogP contribution in [-0.4, -0.2) is 31.2 Å². The first-order valence-electron chi connectivity index (χ1n) is 5.91. The van der Waals surface area contributed by atoms with E-state index in [1.54, 1.807) is 31.3 Å². The number of nitrogens with one attached hydrogen (secondary N) is 2. The standard InChI is InChI=1S/C13H19ClN2O2.ClH/c1-9(7-15-2)13(18)16-8-12(17)10-5-3-4-6-11(10)14;/h3-6,9,12,15,17H,7-8H2,1-2H3,(H,16,18);1H. The van der Waals surface area contributed by atoms with Crippen molar-refractivity contribution in [2.24, 2.45) is 5.92 Å². The Morgan fingerprint density at radius 1 is 1.37 bits per heavy atom. The topological polar surface area (TPSA) is 61.4 Å². The first kappa shape index (κ1) is 18.2. The number of halogens is 2. The van der Waals surface area contributed by atoms with E-state index in [1.165, 1.54) is 0 Å². The lowest BCUT2D eigenvalue weighted by Gasteiger charge is -2.16. The third kappa shape index (κ3) is 5.78. The fraction of sp³-hybridized carbons (Fsp3) is 0.462.